The summed E-state index contributed by atoms with van der Waals surface area (Å²) in [5, 5.41) is 0. The molecular weight excluding hydrogens is 238 g/mol. The molecule has 1 aromatic heterocycles. The Bertz CT molecular complexity index is 642. The molecule has 0 saturated carbocycles. The van der Waals surface area contributed by atoms with Crippen molar-refractivity contribution in [1.82, 2.24) is 4.90 Å². The van der Waals surface area contributed by atoms with E-state index in [-0.39, 0.29) is 11.9 Å². The predicted molar refractivity (Wildman–Crippen MR) is 73.0 cm³/mol. The SMILES string of the molecule is C=CCN1C(=O)c2ccccc2C1c1ccc(C)o1. The summed E-state index contributed by atoms with van der Waals surface area (Å²) in [4.78, 5) is 14.2. The molecule has 3 rings (SSSR count). The van der Waals surface area contributed by atoms with Crippen molar-refractivity contribution in [3.63, 3.8) is 0 Å². The zero-order chi connectivity index (χ0) is 13.4. The Morgan fingerprint density at radius 3 is 2.79 bits per heavy atom. The Balaban J connectivity index is 2.13. The van der Waals surface area contributed by atoms with Crippen molar-refractivity contribution >= 4 is 5.91 Å². The van der Waals surface area contributed by atoms with Crippen molar-refractivity contribution in [1.29, 1.82) is 0 Å². The summed E-state index contributed by atoms with van der Waals surface area (Å²) in [6.45, 7) is 6.15. The van der Waals surface area contributed by atoms with Gasteiger partial charge in [0.25, 0.3) is 5.91 Å². The van der Waals surface area contributed by atoms with Crippen molar-refractivity contribution in [3.05, 3.63) is 71.7 Å². The van der Waals surface area contributed by atoms with Crippen LogP contribution in [0.2, 0.25) is 0 Å². The van der Waals surface area contributed by atoms with Crippen molar-refractivity contribution in [2.24, 2.45) is 0 Å². The predicted octanol–water partition coefficient (Wildman–Crippen LogP) is 3.32. The first-order chi connectivity index (χ1) is 9.22. The minimum atomic E-state index is -0.143. The first-order valence-corrected chi connectivity index (χ1v) is 6.29. The molecule has 0 spiro atoms. The summed E-state index contributed by atoms with van der Waals surface area (Å²) in [7, 11) is 0. The van der Waals surface area contributed by atoms with Gasteiger partial charge in [-0.1, -0.05) is 24.3 Å². The molecule has 19 heavy (non-hydrogen) atoms. The number of fused-ring (bicyclic) bond motifs is 1. The highest BCUT2D eigenvalue weighted by Gasteiger charge is 2.38. The Morgan fingerprint density at radius 2 is 2.11 bits per heavy atom. The van der Waals surface area contributed by atoms with E-state index in [1.54, 1.807) is 11.0 Å². The molecule has 1 aromatic carbocycles. The highest BCUT2D eigenvalue weighted by molar-refractivity contribution is 5.99. The molecule has 0 fully saturated rings. The molecule has 2 aromatic rings. The molecule has 0 saturated heterocycles. The monoisotopic (exact) mass is 253 g/mol. The number of furan rings is 1. The molecule has 1 amide bonds. The van der Waals surface area contributed by atoms with E-state index in [2.05, 4.69) is 6.58 Å². The van der Waals surface area contributed by atoms with Crippen LogP contribution in [0.5, 0.6) is 0 Å². The number of hydrogen-bond acceptors (Lipinski definition) is 2. The number of nitrogens with zero attached hydrogens (tertiary/aromatic N) is 1. The van der Waals surface area contributed by atoms with E-state index < -0.39 is 0 Å². The average Bonchev–Trinajstić information content (AvgIpc) is 2.94. The minimum Gasteiger partial charge on any atom is -0.464 e. The van der Waals surface area contributed by atoms with E-state index in [0.29, 0.717) is 6.54 Å². The van der Waals surface area contributed by atoms with Gasteiger partial charge >= 0.3 is 0 Å². The van der Waals surface area contributed by atoms with Gasteiger partial charge in [0.1, 0.15) is 17.6 Å². The lowest BCUT2D eigenvalue weighted by atomic mass is 10.0. The average molecular weight is 253 g/mol. The van der Waals surface area contributed by atoms with E-state index in [9.17, 15) is 4.79 Å². The molecule has 1 atom stereocenters. The van der Waals surface area contributed by atoms with Gasteiger partial charge in [-0.3, -0.25) is 4.79 Å². The van der Waals surface area contributed by atoms with Crippen molar-refractivity contribution in [3.8, 4) is 0 Å². The van der Waals surface area contributed by atoms with Crippen LogP contribution in [0.15, 0.2) is 53.5 Å². The number of carbonyl (C=O) groups excluding carboxylic acids is 1. The topological polar surface area (TPSA) is 33.5 Å². The number of aryl methyl sites for hydroxylation is 1. The van der Waals surface area contributed by atoms with E-state index in [0.717, 1.165) is 22.6 Å². The maximum Gasteiger partial charge on any atom is 0.255 e. The standard InChI is InChI=1S/C16H15NO2/c1-3-10-17-15(14-9-8-11(2)19-14)12-6-4-5-7-13(12)16(17)18/h3-9,15H,1,10H2,2H3. The van der Waals surface area contributed by atoms with Gasteiger partial charge in [0.2, 0.25) is 0 Å². The number of hydrogen-bond donors (Lipinski definition) is 0. The second-order valence-electron chi connectivity index (χ2n) is 4.68. The van der Waals surface area contributed by atoms with Gasteiger partial charge in [0.15, 0.2) is 0 Å². The Hall–Kier alpha value is -2.29. The van der Waals surface area contributed by atoms with Crippen LogP contribution in [-0.2, 0) is 0 Å². The van der Waals surface area contributed by atoms with E-state index >= 15 is 0 Å². The molecule has 3 nitrogen and oxygen atoms in total. The lowest BCUT2D eigenvalue weighted by molar-refractivity contribution is 0.0757. The molecule has 0 radical (unpaired) electrons. The molecule has 0 N–H and O–H groups in total. The van der Waals surface area contributed by atoms with Crippen LogP contribution in [0.4, 0.5) is 0 Å². The first kappa shape index (κ1) is 11.8. The second-order valence-corrected chi connectivity index (χ2v) is 4.68. The van der Waals surface area contributed by atoms with Gasteiger partial charge in [-0.2, -0.15) is 0 Å². The van der Waals surface area contributed by atoms with Crippen molar-refractivity contribution in [2.45, 2.75) is 13.0 Å². The fourth-order valence-electron chi connectivity index (χ4n) is 2.60. The van der Waals surface area contributed by atoms with Gasteiger partial charge in [0, 0.05) is 12.1 Å². The zero-order valence-corrected chi connectivity index (χ0v) is 10.8. The summed E-state index contributed by atoms with van der Waals surface area (Å²) in [5.74, 6) is 1.69. The zero-order valence-electron chi connectivity index (χ0n) is 10.8. The fraction of sp³-hybridized carbons (Fsp3) is 0.188. The van der Waals surface area contributed by atoms with E-state index in [1.807, 2.05) is 43.3 Å². The summed E-state index contributed by atoms with van der Waals surface area (Å²) in [6, 6.07) is 11.4. The van der Waals surface area contributed by atoms with E-state index in [4.69, 9.17) is 4.42 Å². The molecular formula is C16H15NO2. The molecule has 96 valence electrons. The van der Waals surface area contributed by atoms with Crippen LogP contribution < -0.4 is 0 Å². The number of amides is 1. The third-order valence-corrected chi connectivity index (χ3v) is 3.41. The second kappa shape index (κ2) is 4.43. The summed E-state index contributed by atoms with van der Waals surface area (Å²) in [5.41, 5.74) is 1.76. The minimum absolute atomic E-state index is 0.0366. The van der Waals surface area contributed by atoms with Gasteiger partial charge in [-0.05, 0) is 30.7 Å². The summed E-state index contributed by atoms with van der Waals surface area (Å²) in [6.07, 6.45) is 1.74. The van der Waals surface area contributed by atoms with Crippen LogP contribution in [0, 0.1) is 6.92 Å². The van der Waals surface area contributed by atoms with Gasteiger partial charge < -0.3 is 9.32 Å². The largest absolute Gasteiger partial charge is 0.464 e. The third-order valence-electron chi connectivity index (χ3n) is 3.41. The lowest BCUT2D eigenvalue weighted by Gasteiger charge is -2.22. The van der Waals surface area contributed by atoms with Crippen molar-refractivity contribution < 1.29 is 9.21 Å². The van der Waals surface area contributed by atoms with Crippen LogP contribution in [0.1, 0.15) is 33.5 Å². The van der Waals surface area contributed by atoms with Crippen LogP contribution in [0.3, 0.4) is 0 Å². The smallest absolute Gasteiger partial charge is 0.255 e. The molecule has 1 aliphatic heterocycles. The maximum atomic E-state index is 12.4. The molecule has 1 aliphatic rings. The van der Waals surface area contributed by atoms with Crippen LogP contribution in [-0.4, -0.2) is 17.4 Å². The quantitative estimate of drug-likeness (QED) is 0.786. The number of rotatable bonds is 3. The first-order valence-electron chi connectivity index (χ1n) is 6.29. The Morgan fingerprint density at radius 1 is 1.32 bits per heavy atom. The highest BCUT2D eigenvalue weighted by atomic mass is 16.3. The van der Waals surface area contributed by atoms with E-state index in [1.165, 1.54) is 0 Å². The summed E-state index contributed by atoms with van der Waals surface area (Å²) >= 11 is 0. The van der Waals surface area contributed by atoms with Gasteiger partial charge in [-0.15, -0.1) is 6.58 Å². The van der Waals surface area contributed by atoms with Gasteiger partial charge in [-0.25, -0.2) is 0 Å². The highest BCUT2D eigenvalue weighted by Crippen LogP contribution is 2.38. The van der Waals surface area contributed by atoms with Gasteiger partial charge in [0.05, 0.1) is 0 Å². The molecule has 1 unspecified atom stereocenters. The number of benzene rings is 1. The molecule has 0 bridgehead atoms. The normalized spacial score (nSPS) is 17.6. The lowest BCUT2D eigenvalue weighted by Crippen LogP contribution is -2.28. The number of carbonyl (C=O) groups is 1. The Labute approximate surface area is 112 Å². The third kappa shape index (κ3) is 1.78. The van der Waals surface area contributed by atoms with Crippen LogP contribution >= 0.6 is 0 Å². The van der Waals surface area contributed by atoms with Crippen LogP contribution in [0.25, 0.3) is 0 Å². The van der Waals surface area contributed by atoms with Crippen molar-refractivity contribution in [2.75, 3.05) is 6.54 Å². The Kier molecular flexibility index (Phi) is 2.75. The molecule has 2 heterocycles. The summed E-state index contributed by atoms with van der Waals surface area (Å²) < 4.78 is 5.72. The molecule has 0 aliphatic carbocycles. The fourth-order valence-corrected chi connectivity index (χ4v) is 2.60. The molecule has 3 heteroatoms. The maximum absolute atomic E-state index is 12.4.